The summed E-state index contributed by atoms with van der Waals surface area (Å²) < 4.78 is 0. The zero-order chi connectivity index (χ0) is 15.5. The number of piperidine rings is 1. The van der Waals surface area contributed by atoms with E-state index < -0.39 is 5.54 Å². The quantitative estimate of drug-likeness (QED) is 0.690. The molecule has 2 rings (SSSR count). The second-order valence-electron chi connectivity index (χ2n) is 7.41. The Morgan fingerprint density at radius 1 is 1.29 bits per heavy atom. The minimum Gasteiger partial charge on any atom is -0.368 e. The van der Waals surface area contributed by atoms with Gasteiger partial charge >= 0.3 is 0 Å². The monoisotopic (exact) mass is 296 g/mol. The van der Waals surface area contributed by atoms with Crippen molar-refractivity contribution in [2.75, 3.05) is 40.3 Å². The number of likely N-dealkylation sites (tertiary alicyclic amines) is 1. The minimum atomic E-state index is -0.540. The van der Waals surface area contributed by atoms with Crippen LogP contribution < -0.4 is 11.1 Å². The van der Waals surface area contributed by atoms with Gasteiger partial charge < -0.3 is 20.9 Å². The van der Waals surface area contributed by atoms with Crippen LogP contribution in [0.1, 0.15) is 39.0 Å². The van der Waals surface area contributed by atoms with Gasteiger partial charge in [0, 0.05) is 19.1 Å². The van der Waals surface area contributed by atoms with Crippen LogP contribution in [-0.2, 0) is 4.79 Å². The first-order valence-corrected chi connectivity index (χ1v) is 8.34. The summed E-state index contributed by atoms with van der Waals surface area (Å²) in [5, 5.41) is 3.43. The van der Waals surface area contributed by atoms with E-state index in [1.165, 1.54) is 32.2 Å². The maximum Gasteiger partial charge on any atom is 0.237 e. The van der Waals surface area contributed by atoms with Gasteiger partial charge in [-0.3, -0.25) is 4.79 Å². The third kappa shape index (κ3) is 5.24. The van der Waals surface area contributed by atoms with Gasteiger partial charge in [-0.25, -0.2) is 0 Å². The zero-order valence-corrected chi connectivity index (χ0v) is 13.9. The Balaban J connectivity index is 1.73. The highest BCUT2D eigenvalue weighted by molar-refractivity contribution is 5.84. The van der Waals surface area contributed by atoms with Crippen LogP contribution in [0.15, 0.2) is 0 Å². The smallest absolute Gasteiger partial charge is 0.237 e. The van der Waals surface area contributed by atoms with Crippen LogP contribution in [0.4, 0.5) is 0 Å². The number of rotatable bonds is 8. The Morgan fingerprint density at radius 3 is 2.38 bits per heavy atom. The Bertz CT molecular complexity index is 348. The number of hydrogen-bond acceptors (Lipinski definition) is 4. The summed E-state index contributed by atoms with van der Waals surface area (Å²) >= 11 is 0. The lowest BCUT2D eigenvalue weighted by atomic mass is 9.93. The van der Waals surface area contributed by atoms with Gasteiger partial charge in [0.2, 0.25) is 5.91 Å². The summed E-state index contributed by atoms with van der Waals surface area (Å²) in [5.74, 6) is 0.611. The number of amides is 1. The molecule has 1 saturated carbocycles. The first kappa shape index (κ1) is 16.7. The number of primary amides is 1. The number of hydrogen-bond donors (Lipinski definition) is 2. The molecule has 0 aromatic carbocycles. The molecule has 1 unspecified atom stereocenters. The molecular formula is C16H32N4O. The van der Waals surface area contributed by atoms with Crippen molar-refractivity contribution in [3.63, 3.8) is 0 Å². The molecular weight excluding hydrogens is 264 g/mol. The first-order chi connectivity index (χ1) is 9.89. The molecule has 2 fully saturated rings. The maximum atomic E-state index is 11.8. The summed E-state index contributed by atoms with van der Waals surface area (Å²) in [5.41, 5.74) is 5.07. The second kappa shape index (κ2) is 7.07. The topological polar surface area (TPSA) is 61.6 Å². The average molecular weight is 296 g/mol. The summed E-state index contributed by atoms with van der Waals surface area (Å²) in [7, 11) is 4.29. The molecule has 0 spiro atoms. The van der Waals surface area contributed by atoms with Gasteiger partial charge in [-0.2, -0.15) is 0 Å². The molecule has 0 bridgehead atoms. The fourth-order valence-electron chi connectivity index (χ4n) is 3.24. The fraction of sp³-hybridized carbons (Fsp3) is 0.938. The number of carbonyl (C=O) groups excluding carboxylic acids is 1. The molecule has 1 atom stereocenters. The molecule has 1 aliphatic heterocycles. The number of nitrogens with one attached hydrogen (secondary N) is 1. The molecule has 122 valence electrons. The number of nitrogens with zero attached hydrogens (tertiary/aromatic N) is 2. The fourth-order valence-corrected chi connectivity index (χ4v) is 3.24. The lowest BCUT2D eigenvalue weighted by Crippen LogP contribution is -2.55. The van der Waals surface area contributed by atoms with E-state index in [-0.39, 0.29) is 5.91 Å². The molecule has 5 nitrogen and oxygen atoms in total. The van der Waals surface area contributed by atoms with Crippen molar-refractivity contribution in [2.45, 2.75) is 50.6 Å². The van der Waals surface area contributed by atoms with Crippen LogP contribution in [-0.4, -0.2) is 67.6 Å². The minimum absolute atomic E-state index is 0.211. The zero-order valence-electron chi connectivity index (χ0n) is 13.9. The molecule has 0 aromatic rings. The van der Waals surface area contributed by atoms with Crippen molar-refractivity contribution in [3.8, 4) is 0 Å². The summed E-state index contributed by atoms with van der Waals surface area (Å²) in [6.07, 6.45) is 5.71. The van der Waals surface area contributed by atoms with E-state index in [1.54, 1.807) is 0 Å². The molecule has 2 aliphatic rings. The predicted octanol–water partition coefficient (Wildman–Crippen LogP) is 0.646. The maximum absolute atomic E-state index is 11.8. The Morgan fingerprint density at radius 2 is 1.90 bits per heavy atom. The highest BCUT2D eigenvalue weighted by Gasteiger charge is 2.37. The van der Waals surface area contributed by atoms with Gasteiger partial charge in [0.15, 0.2) is 0 Å². The van der Waals surface area contributed by atoms with Gasteiger partial charge in [-0.05, 0) is 72.1 Å². The Hall–Kier alpha value is -0.650. The van der Waals surface area contributed by atoms with Gasteiger partial charge in [-0.15, -0.1) is 0 Å². The normalized spacial score (nSPS) is 24.2. The molecule has 1 heterocycles. The SMILES string of the molecule is CN(C)CC1CCN(CCC(C)(NC2CC2)C(N)=O)CC1. The molecule has 0 aromatic heterocycles. The van der Waals surface area contributed by atoms with Crippen molar-refractivity contribution in [1.82, 2.24) is 15.1 Å². The lowest BCUT2D eigenvalue weighted by molar-refractivity contribution is -0.124. The molecule has 5 heteroatoms. The third-order valence-corrected chi connectivity index (χ3v) is 4.90. The lowest BCUT2D eigenvalue weighted by Gasteiger charge is -2.36. The van der Waals surface area contributed by atoms with E-state index in [0.717, 1.165) is 32.0 Å². The number of nitrogens with two attached hydrogens (primary N) is 1. The van der Waals surface area contributed by atoms with Gasteiger partial charge in [0.1, 0.15) is 0 Å². The van der Waals surface area contributed by atoms with Gasteiger partial charge in [0.05, 0.1) is 5.54 Å². The van der Waals surface area contributed by atoms with Crippen LogP contribution in [0.2, 0.25) is 0 Å². The first-order valence-electron chi connectivity index (χ1n) is 8.34. The van der Waals surface area contributed by atoms with E-state index in [2.05, 4.69) is 29.2 Å². The second-order valence-corrected chi connectivity index (χ2v) is 7.41. The van der Waals surface area contributed by atoms with Crippen LogP contribution in [0.5, 0.6) is 0 Å². The molecule has 21 heavy (non-hydrogen) atoms. The summed E-state index contributed by atoms with van der Waals surface area (Å²) in [6, 6.07) is 0.508. The van der Waals surface area contributed by atoms with Crippen molar-refractivity contribution < 1.29 is 4.79 Å². The van der Waals surface area contributed by atoms with Crippen LogP contribution in [0.25, 0.3) is 0 Å². The van der Waals surface area contributed by atoms with Crippen molar-refractivity contribution in [1.29, 1.82) is 0 Å². The van der Waals surface area contributed by atoms with E-state index in [9.17, 15) is 4.79 Å². The van der Waals surface area contributed by atoms with Crippen LogP contribution in [0.3, 0.4) is 0 Å². The highest BCUT2D eigenvalue weighted by atomic mass is 16.1. The van der Waals surface area contributed by atoms with E-state index in [4.69, 9.17) is 5.73 Å². The van der Waals surface area contributed by atoms with Crippen molar-refractivity contribution >= 4 is 5.91 Å². The van der Waals surface area contributed by atoms with Crippen LogP contribution in [0, 0.1) is 5.92 Å². The predicted molar refractivity (Wildman–Crippen MR) is 86.1 cm³/mol. The Labute approximate surface area is 129 Å². The Kier molecular flexibility index (Phi) is 5.63. The largest absolute Gasteiger partial charge is 0.368 e. The molecule has 1 aliphatic carbocycles. The number of carbonyl (C=O) groups is 1. The van der Waals surface area contributed by atoms with E-state index in [1.807, 2.05) is 6.92 Å². The summed E-state index contributed by atoms with van der Waals surface area (Å²) in [6.45, 7) is 6.42. The highest BCUT2D eigenvalue weighted by Crippen LogP contribution is 2.25. The standard InChI is InChI=1S/C16H32N4O/c1-16(15(17)21,18-14-4-5-14)8-11-20-9-6-13(7-10-20)12-19(2)3/h13-14,18H,4-12H2,1-3H3,(H2,17,21). The van der Waals surface area contributed by atoms with Crippen molar-refractivity contribution in [2.24, 2.45) is 11.7 Å². The third-order valence-electron chi connectivity index (χ3n) is 4.90. The molecule has 0 radical (unpaired) electrons. The van der Waals surface area contributed by atoms with Gasteiger partial charge in [-0.1, -0.05) is 0 Å². The van der Waals surface area contributed by atoms with Gasteiger partial charge in [0.25, 0.3) is 0 Å². The van der Waals surface area contributed by atoms with Crippen molar-refractivity contribution in [3.05, 3.63) is 0 Å². The molecule has 3 N–H and O–H groups in total. The molecule has 1 saturated heterocycles. The summed E-state index contributed by atoms with van der Waals surface area (Å²) in [4.78, 5) is 16.5. The van der Waals surface area contributed by atoms with E-state index >= 15 is 0 Å². The molecule has 1 amide bonds. The average Bonchev–Trinajstić information content (AvgIpc) is 3.21. The van der Waals surface area contributed by atoms with Crippen LogP contribution >= 0.6 is 0 Å². The van der Waals surface area contributed by atoms with E-state index in [0.29, 0.717) is 6.04 Å².